The fraction of sp³-hybridized carbons (Fsp3) is 0.318. The number of nitrogens with one attached hydrogen (secondary N) is 1. The predicted molar refractivity (Wildman–Crippen MR) is 113 cm³/mol. The molecule has 0 aromatic heterocycles. The van der Waals surface area contributed by atoms with Gasteiger partial charge in [-0.1, -0.05) is 36.7 Å². The average Bonchev–Trinajstić information content (AvgIpc) is 3.13. The summed E-state index contributed by atoms with van der Waals surface area (Å²) < 4.78 is 5.16. The van der Waals surface area contributed by atoms with E-state index in [-0.39, 0.29) is 11.5 Å². The molecule has 152 valence electrons. The van der Waals surface area contributed by atoms with Crippen LogP contribution >= 0.6 is 11.6 Å². The van der Waals surface area contributed by atoms with Crippen LogP contribution in [0, 0.1) is 6.92 Å². The number of carbonyl (C=O) groups is 3. The number of para-hydroxylation sites is 1. The van der Waals surface area contributed by atoms with Crippen LogP contribution in [-0.2, 0) is 20.7 Å². The van der Waals surface area contributed by atoms with Gasteiger partial charge in [-0.25, -0.2) is 4.79 Å². The van der Waals surface area contributed by atoms with Gasteiger partial charge >= 0.3 is 5.97 Å². The van der Waals surface area contributed by atoms with Gasteiger partial charge in [0.1, 0.15) is 0 Å². The lowest BCUT2D eigenvalue weighted by atomic mass is 10.1. The molecule has 1 aliphatic rings. The summed E-state index contributed by atoms with van der Waals surface area (Å²) in [5.41, 5.74) is 3.43. The standard InChI is InChI=1S/C22H23ClN2O4/c1-3-15-7-4-6-14(2)21(15)24-19(26)13-29-22(28)16-9-10-17(23)18(12-16)25-11-5-8-20(25)27/h4,6-7,9-10,12H,3,5,8,11,13H2,1-2H3,(H,24,26). The van der Waals surface area contributed by atoms with Crippen molar-refractivity contribution >= 4 is 40.8 Å². The Hall–Kier alpha value is -2.86. The van der Waals surface area contributed by atoms with Gasteiger partial charge in [0.15, 0.2) is 6.61 Å². The monoisotopic (exact) mass is 414 g/mol. The smallest absolute Gasteiger partial charge is 0.338 e. The Bertz CT molecular complexity index is 958. The molecule has 0 bridgehead atoms. The van der Waals surface area contributed by atoms with Gasteiger partial charge in [0.2, 0.25) is 5.91 Å². The molecule has 1 aliphatic heterocycles. The minimum absolute atomic E-state index is 0.0262. The number of rotatable bonds is 6. The van der Waals surface area contributed by atoms with Gasteiger partial charge in [-0.15, -0.1) is 0 Å². The fourth-order valence-corrected chi connectivity index (χ4v) is 3.56. The van der Waals surface area contributed by atoms with Crippen molar-refractivity contribution in [2.45, 2.75) is 33.1 Å². The Morgan fingerprint density at radius 3 is 2.72 bits per heavy atom. The van der Waals surface area contributed by atoms with Gasteiger partial charge in [-0.2, -0.15) is 0 Å². The Kier molecular flexibility index (Phi) is 6.54. The zero-order valence-electron chi connectivity index (χ0n) is 16.5. The number of hydrogen-bond acceptors (Lipinski definition) is 4. The third-order valence-corrected chi connectivity index (χ3v) is 5.20. The third-order valence-electron chi connectivity index (χ3n) is 4.88. The number of aryl methyl sites for hydroxylation is 2. The molecule has 3 rings (SSSR count). The maximum absolute atomic E-state index is 12.4. The topological polar surface area (TPSA) is 75.7 Å². The highest BCUT2D eigenvalue weighted by Gasteiger charge is 2.25. The largest absolute Gasteiger partial charge is 0.452 e. The van der Waals surface area contributed by atoms with Gasteiger partial charge in [-0.05, 0) is 49.1 Å². The summed E-state index contributed by atoms with van der Waals surface area (Å²) in [7, 11) is 0. The molecule has 6 nitrogen and oxygen atoms in total. The van der Waals surface area contributed by atoms with Crippen molar-refractivity contribution in [3.8, 4) is 0 Å². The first-order chi connectivity index (χ1) is 13.9. The lowest BCUT2D eigenvalue weighted by molar-refractivity contribution is -0.119. The lowest BCUT2D eigenvalue weighted by Crippen LogP contribution is -2.25. The summed E-state index contributed by atoms with van der Waals surface area (Å²) >= 11 is 6.20. The number of carbonyl (C=O) groups excluding carboxylic acids is 3. The molecule has 1 N–H and O–H groups in total. The van der Waals surface area contributed by atoms with Crippen LogP contribution in [0.1, 0.15) is 41.3 Å². The zero-order chi connectivity index (χ0) is 21.0. The molecule has 0 radical (unpaired) electrons. The van der Waals surface area contributed by atoms with Gasteiger partial charge < -0.3 is 15.0 Å². The molecular weight excluding hydrogens is 392 g/mol. The molecule has 1 fully saturated rings. The highest BCUT2D eigenvalue weighted by atomic mass is 35.5. The van der Waals surface area contributed by atoms with Gasteiger partial charge in [-0.3, -0.25) is 9.59 Å². The van der Waals surface area contributed by atoms with E-state index in [9.17, 15) is 14.4 Å². The van der Waals surface area contributed by atoms with Crippen molar-refractivity contribution in [2.24, 2.45) is 0 Å². The number of nitrogens with zero attached hydrogens (tertiary/aromatic N) is 1. The lowest BCUT2D eigenvalue weighted by Gasteiger charge is -2.18. The van der Waals surface area contributed by atoms with Crippen molar-refractivity contribution in [2.75, 3.05) is 23.4 Å². The van der Waals surface area contributed by atoms with Crippen LogP contribution in [0.5, 0.6) is 0 Å². The van der Waals surface area contributed by atoms with E-state index in [2.05, 4.69) is 5.32 Å². The molecule has 0 aliphatic carbocycles. The quantitative estimate of drug-likeness (QED) is 0.721. The predicted octanol–water partition coefficient (Wildman–Crippen LogP) is 4.13. The molecule has 0 spiro atoms. The molecule has 2 amide bonds. The summed E-state index contributed by atoms with van der Waals surface area (Å²) in [6.45, 7) is 4.08. The second kappa shape index (κ2) is 9.09. The first kappa shape index (κ1) is 20.9. The SMILES string of the molecule is CCc1cccc(C)c1NC(=O)COC(=O)c1ccc(Cl)c(N2CCCC2=O)c1. The highest BCUT2D eigenvalue weighted by Crippen LogP contribution is 2.30. The molecule has 2 aromatic rings. The second-order valence-corrected chi connectivity index (χ2v) is 7.31. The van der Waals surface area contributed by atoms with E-state index in [0.717, 1.165) is 29.7 Å². The number of amides is 2. The molecule has 29 heavy (non-hydrogen) atoms. The Labute approximate surface area is 174 Å². The van der Waals surface area contributed by atoms with E-state index in [1.54, 1.807) is 11.0 Å². The Morgan fingerprint density at radius 1 is 1.24 bits per heavy atom. The van der Waals surface area contributed by atoms with Gasteiger partial charge in [0.25, 0.3) is 5.91 Å². The van der Waals surface area contributed by atoms with Crippen molar-refractivity contribution in [3.05, 3.63) is 58.1 Å². The molecule has 7 heteroatoms. The van der Waals surface area contributed by atoms with E-state index >= 15 is 0 Å². The van der Waals surface area contributed by atoms with Gasteiger partial charge in [0, 0.05) is 18.7 Å². The number of esters is 1. The molecule has 1 heterocycles. The fourth-order valence-electron chi connectivity index (χ4n) is 3.34. The minimum Gasteiger partial charge on any atom is -0.452 e. The summed E-state index contributed by atoms with van der Waals surface area (Å²) in [6, 6.07) is 10.4. The van der Waals surface area contributed by atoms with Crippen molar-refractivity contribution < 1.29 is 19.1 Å². The first-order valence-corrected chi connectivity index (χ1v) is 9.94. The van der Waals surface area contributed by atoms with Crippen LogP contribution in [0.25, 0.3) is 0 Å². The second-order valence-electron chi connectivity index (χ2n) is 6.90. The van der Waals surface area contributed by atoms with Crippen LogP contribution in [0.15, 0.2) is 36.4 Å². The molecular formula is C22H23ClN2O4. The molecule has 0 atom stereocenters. The number of hydrogen-bond donors (Lipinski definition) is 1. The van der Waals surface area contributed by atoms with Crippen molar-refractivity contribution in [1.29, 1.82) is 0 Å². The number of anilines is 2. The Balaban J connectivity index is 1.65. The minimum atomic E-state index is -0.648. The summed E-state index contributed by atoms with van der Waals surface area (Å²) in [4.78, 5) is 38.2. The number of benzene rings is 2. The summed E-state index contributed by atoms with van der Waals surface area (Å²) in [5.74, 6) is -1.08. The van der Waals surface area contributed by atoms with E-state index in [4.69, 9.17) is 16.3 Å². The third kappa shape index (κ3) is 4.77. The summed E-state index contributed by atoms with van der Waals surface area (Å²) in [5, 5.41) is 3.21. The maximum Gasteiger partial charge on any atom is 0.338 e. The van der Waals surface area contributed by atoms with Crippen LogP contribution < -0.4 is 10.2 Å². The van der Waals surface area contributed by atoms with E-state index in [1.165, 1.54) is 12.1 Å². The van der Waals surface area contributed by atoms with Crippen LogP contribution in [0.4, 0.5) is 11.4 Å². The molecule has 2 aromatic carbocycles. The first-order valence-electron chi connectivity index (χ1n) is 9.56. The number of ether oxygens (including phenoxy) is 1. The van der Waals surface area contributed by atoms with E-state index in [0.29, 0.717) is 23.7 Å². The summed E-state index contributed by atoms with van der Waals surface area (Å²) in [6.07, 6.45) is 1.99. The number of halogens is 1. The normalized spacial score (nSPS) is 13.5. The highest BCUT2D eigenvalue weighted by molar-refractivity contribution is 6.34. The molecule has 0 saturated carbocycles. The van der Waals surface area contributed by atoms with Crippen LogP contribution in [0.2, 0.25) is 5.02 Å². The van der Waals surface area contributed by atoms with E-state index in [1.807, 2.05) is 32.0 Å². The maximum atomic E-state index is 12.4. The Morgan fingerprint density at radius 2 is 2.03 bits per heavy atom. The van der Waals surface area contributed by atoms with Crippen molar-refractivity contribution in [3.63, 3.8) is 0 Å². The van der Waals surface area contributed by atoms with Crippen LogP contribution in [-0.4, -0.2) is 30.9 Å². The van der Waals surface area contributed by atoms with Crippen molar-refractivity contribution in [1.82, 2.24) is 0 Å². The zero-order valence-corrected chi connectivity index (χ0v) is 17.2. The molecule has 0 unspecified atom stereocenters. The molecule has 1 saturated heterocycles. The van der Waals surface area contributed by atoms with E-state index < -0.39 is 18.5 Å². The van der Waals surface area contributed by atoms with Gasteiger partial charge in [0.05, 0.1) is 16.3 Å². The van der Waals surface area contributed by atoms with Crippen LogP contribution in [0.3, 0.4) is 0 Å². The average molecular weight is 415 g/mol.